The number of halogens is 1. The molecule has 5 nitrogen and oxygen atoms in total. The number of carbonyl (C=O) groups is 1. The van der Waals surface area contributed by atoms with Gasteiger partial charge in [0.05, 0.1) is 17.9 Å². The van der Waals surface area contributed by atoms with Crippen LogP contribution in [0.4, 0.5) is 14.9 Å². The minimum absolute atomic E-state index is 0.0915. The summed E-state index contributed by atoms with van der Waals surface area (Å²) in [6.45, 7) is 2.89. The fourth-order valence-electron chi connectivity index (χ4n) is 3.44. The molecule has 0 bridgehead atoms. The van der Waals surface area contributed by atoms with Crippen LogP contribution in [0.3, 0.4) is 0 Å². The highest BCUT2D eigenvalue weighted by atomic mass is 19.1. The van der Waals surface area contributed by atoms with Crippen LogP contribution in [0.2, 0.25) is 0 Å². The summed E-state index contributed by atoms with van der Waals surface area (Å²) in [6.07, 6.45) is 4.63. The lowest BCUT2D eigenvalue weighted by Gasteiger charge is -2.21. The first kappa shape index (κ1) is 17.0. The van der Waals surface area contributed by atoms with Crippen molar-refractivity contribution in [3.63, 3.8) is 0 Å². The first-order chi connectivity index (χ1) is 11.5. The first-order valence-corrected chi connectivity index (χ1v) is 8.73. The van der Waals surface area contributed by atoms with Crippen LogP contribution < -0.4 is 10.1 Å². The average molecular weight is 336 g/mol. The Hall–Kier alpha value is -1.82. The van der Waals surface area contributed by atoms with Gasteiger partial charge in [-0.05, 0) is 51.2 Å². The third kappa shape index (κ3) is 3.98. The van der Waals surface area contributed by atoms with E-state index in [9.17, 15) is 14.3 Å². The molecule has 1 saturated carbocycles. The van der Waals surface area contributed by atoms with Crippen LogP contribution in [0, 0.1) is 11.7 Å². The van der Waals surface area contributed by atoms with E-state index in [2.05, 4.69) is 5.32 Å². The number of ether oxygens (including phenoxy) is 1. The maximum atomic E-state index is 13.6. The van der Waals surface area contributed by atoms with Crippen molar-refractivity contribution in [3.8, 4) is 5.75 Å². The van der Waals surface area contributed by atoms with E-state index >= 15 is 0 Å². The van der Waals surface area contributed by atoms with E-state index in [1.54, 1.807) is 17.9 Å². The van der Waals surface area contributed by atoms with Gasteiger partial charge >= 0.3 is 6.03 Å². The normalized spacial score (nSPS) is 22.6. The monoisotopic (exact) mass is 336 g/mol. The van der Waals surface area contributed by atoms with Gasteiger partial charge < -0.3 is 20.1 Å². The van der Waals surface area contributed by atoms with Gasteiger partial charge in [0.2, 0.25) is 0 Å². The summed E-state index contributed by atoms with van der Waals surface area (Å²) in [7, 11) is 0. The SMILES string of the molecule is C[C@H](O)[C@@H]1CCN(C(=O)Nc2ccc(F)cc2OC2CCCC2)C1. The summed E-state index contributed by atoms with van der Waals surface area (Å²) in [4.78, 5) is 14.1. The number of aliphatic hydroxyl groups is 1. The number of hydrogen-bond donors (Lipinski definition) is 2. The molecule has 6 heteroatoms. The molecule has 1 aromatic carbocycles. The van der Waals surface area contributed by atoms with Crippen LogP contribution in [0.5, 0.6) is 5.75 Å². The molecule has 1 aliphatic carbocycles. The Bertz CT molecular complexity index is 588. The maximum Gasteiger partial charge on any atom is 0.321 e. The Labute approximate surface area is 141 Å². The fraction of sp³-hybridized carbons (Fsp3) is 0.611. The lowest BCUT2D eigenvalue weighted by molar-refractivity contribution is 0.130. The molecule has 24 heavy (non-hydrogen) atoms. The number of carbonyl (C=O) groups excluding carboxylic acids is 1. The summed E-state index contributed by atoms with van der Waals surface area (Å²) in [5.41, 5.74) is 0.494. The van der Waals surface area contributed by atoms with E-state index in [0.717, 1.165) is 32.1 Å². The predicted octanol–water partition coefficient (Wildman–Crippen LogP) is 3.38. The molecule has 2 N–H and O–H groups in total. The predicted molar refractivity (Wildman–Crippen MR) is 89.7 cm³/mol. The number of nitrogens with zero attached hydrogens (tertiary/aromatic N) is 1. The van der Waals surface area contributed by atoms with Crippen LogP contribution >= 0.6 is 0 Å². The van der Waals surface area contributed by atoms with Crippen molar-refractivity contribution in [1.82, 2.24) is 4.90 Å². The molecule has 2 fully saturated rings. The summed E-state index contributed by atoms with van der Waals surface area (Å²) in [6, 6.07) is 3.96. The van der Waals surface area contributed by atoms with E-state index in [1.165, 1.54) is 12.1 Å². The van der Waals surface area contributed by atoms with Crippen molar-refractivity contribution in [2.45, 2.75) is 51.2 Å². The van der Waals surface area contributed by atoms with Crippen LogP contribution in [-0.2, 0) is 0 Å². The van der Waals surface area contributed by atoms with Gasteiger partial charge in [-0.1, -0.05) is 0 Å². The number of benzene rings is 1. The van der Waals surface area contributed by atoms with Crippen molar-refractivity contribution < 1.29 is 19.0 Å². The standard InChI is InChI=1S/C18H25FN2O3/c1-12(22)13-8-9-21(11-13)18(23)20-16-7-6-14(19)10-17(16)24-15-4-2-3-5-15/h6-7,10,12-13,15,22H,2-5,8-9,11H2,1H3,(H,20,23)/t12-,13+/m0/s1. The second-order valence-corrected chi connectivity index (χ2v) is 6.83. The Morgan fingerprint density at radius 3 is 2.79 bits per heavy atom. The lowest BCUT2D eigenvalue weighted by Crippen LogP contribution is -2.34. The van der Waals surface area contributed by atoms with Crippen molar-refractivity contribution >= 4 is 11.7 Å². The third-order valence-electron chi connectivity index (χ3n) is 4.98. The van der Waals surface area contributed by atoms with E-state index < -0.39 is 6.10 Å². The summed E-state index contributed by atoms with van der Waals surface area (Å²) in [5.74, 6) is 0.121. The van der Waals surface area contributed by atoms with Crippen molar-refractivity contribution in [2.24, 2.45) is 5.92 Å². The molecule has 1 heterocycles. The Morgan fingerprint density at radius 2 is 2.12 bits per heavy atom. The molecule has 3 rings (SSSR count). The summed E-state index contributed by atoms with van der Waals surface area (Å²) < 4.78 is 19.5. The molecular formula is C18H25FN2O3. The van der Waals surface area contributed by atoms with Gasteiger partial charge in [0.1, 0.15) is 11.6 Å². The van der Waals surface area contributed by atoms with Gasteiger partial charge in [0, 0.05) is 25.1 Å². The quantitative estimate of drug-likeness (QED) is 0.886. The van der Waals surface area contributed by atoms with E-state index in [1.807, 2.05) is 0 Å². The molecule has 0 spiro atoms. The fourth-order valence-corrected chi connectivity index (χ4v) is 3.44. The molecule has 0 aromatic heterocycles. The van der Waals surface area contributed by atoms with Crippen LogP contribution in [0.25, 0.3) is 0 Å². The first-order valence-electron chi connectivity index (χ1n) is 8.73. The number of aliphatic hydroxyl groups excluding tert-OH is 1. The Kier molecular flexibility index (Phi) is 5.23. The maximum absolute atomic E-state index is 13.6. The average Bonchev–Trinajstić information content (AvgIpc) is 3.21. The molecule has 2 aliphatic rings. The number of anilines is 1. The molecular weight excluding hydrogens is 311 g/mol. The zero-order valence-corrected chi connectivity index (χ0v) is 14.0. The van der Waals surface area contributed by atoms with Crippen molar-refractivity contribution in [1.29, 1.82) is 0 Å². The second-order valence-electron chi connectivity index (χ2n) is 6.83. The van der Waals surface area contributed by atoms with Gasteiger partial charge in [-0.15, -0.1) is 0 Å². The third-order valence-corrected chi connectivity index (χ3v) is 4.98. The number of nitrogens with one attached hydrogen (secondary N) is 1. The van der Waals surface area contributed by atoms with Gasteiger partial charge in [0.25, 0.3) is 0 Å². The van der Waals surface area contributed by atoms with Crippen molar-refractivity contribution in [3.05, 3.63) is 24.0 Å². The van der Waals surface area contributed by atoms with Crippen LogP contribution in [-0.4, -0.2) is 41.3 Å². The number of urea groups is 1. The molecule has 0 radical (unpaired) electrons. The lowest BCUT2D eigenvalue weighted by atomic mass is 10.0. The topological polar surface area (TPSA) is 61.8 Å². The van der Waals surface area contributed by atoms with Gasteiger partial charge in [-0.25, -0.2) is 9.18 Å². The summed E-state index contributed by atoms with van der Waals surface area (Å²) in [5, 5.41) is 12.5. The molecule has 1 aromatic rings. The smallest absolute Gasteiger partial charge is 0.321 e. The molecule has 132 valence electrons. The number of hydrogen-bond acceptors (Lipinski definition) is 3. The minimum Gasteiger partial charge on any atom is -0.488 e. The molecule has 1 aliphatic heterocycles. The Morgan fingerprint density at radius 1 is 1.38 bits per heavy atom. The van der Waals surface area contributed by atoms with Crippen LogP contribution in [0.15, 0.2) is 18.2 Å². The molecule has 2 amide bonds. The van der Waals surface area contributed by atoms with Crippen LogP contribution in [0.1, 0.15) is 39.0 Å². The number of likely N-dealkylation sites (tertiary alicyclic amines) is 1. The van der Waals surface area contributed by atoms with E-state index in [4.69, 9.17) is 4.74 Å². The van der Waals surface area contributed by atoms with Gasteiger partial charge in [-0.2, -0.15) is 0 Å². The second kappa shape index (κ2) is 7.38. The van der Waals surface area contributed by atoms with Gasteiger partial charge in [-0.3, -0.25) is 0 Å². The highest BCUT2D eigenvalue weighted by Crippen LogP contribution is 2.31. The largest absolute Gasteiger partial charge is 0.488 e. The Balaban J connectivity index is 1.66. The zero-order chi connectivity index (χ0) is 17.1. The molecule has 2 atom stereocenters. The molecule has 0 unspecified atom stereocenters. The van der Waals surface area contributed by atoms with Gasteiger partial charge in [0.15, 0.2) is 0 Å². The molecule has 1 saturated heterocycles. The van der Waals surface area contributed by atoms with E-state index in [0.29, 0.717) is 24.5 Å². The highest BCUT2D eigenvalue weighted by molar-refractivity contribution is 5.91. The minimum atomic E-state index is -0.421. The highest BCUT2D eigenvalue weighted by Gasteiger charge is 2.29. The van der Waals surface area contributed by atoms with Crippen molar-refractivity contribution in [2.75, 3.05) is 18.4 Å². The zero-order valence-electron chi connectivity index (χ0n) is 14.0. The number of rotatable bonds is 4. The van der Waals surface area contributed by atoms with E-state index in [-0.39, 0.29) is 23.9 Å². The summed E-state index contributed by atoms with van der Waals surface area (Å²) >= 11 is 0. The number of amides is 2.